The zero-order valence-corrected chi connectivity index (χ0v) is 5.99. The third-order valence-electron chi connectivity index (χ3n) is 0.889. The second kappa shape index (κ2) is 5.60. The SMILES string of the molecule is C1=C/C=C\C=C/C=C1.[Co]. The van der Waals surface area contributed by atoms with E-state index in [0.29, 0.717) is 0 Å². The van der Waals surface area contributed by atoms with Gasteiger partial charge in [-0.15, -0.1) is 0 Å². The molecule has 0 unspecified atom stereocenters. The number of hydrogen-bond acceptors (Lipinski definition) is 0. The van der Waals surface area contributed by atoms with Crippen molar-refractivity contribution in [3.05, 3.63) is 48.6 Å². The van der Waals surface area contributed by atoms with Crippen LogP contribution in [-0.2, 0) is 16.8 Å². The van der Waals surface area contributed by atoms with Crippen LogP contribution >= 0.6 is 0 Å². The Morgan fingerprint density at radius 2 is 0.444 bits per heavy atom. The minimum atomic E-state index is 0. The molecular weight excluding hydrogens is 155 g/mol. The molecule has 0 nitrogen and oxygen atoms in total. The normalized spacial score (nSPS) is 21.3. The molecule has 0 aromatic rings. The Labute approximate surface area is 65.8 Å². The fourth-order valence-electron chi connectivity index (χ4n) is 0.513. The van der Waals surface area contributed by atoms with E-state index in [0.717, 1.165) is 0 Å². The third-order valence-corrected chi connectivity index (χ3v) is 0.889. The zero-order valence-electron chi connectivity index (χ0n) is 4.95. The van der Waals surface area contributed by atoms with Crippen LogP contribution in [0.5, 0.6) is 0 Å². The fraction of sp³-hybridized carbons (Fsp3) is 0. The van der Waals surface area contributed by atoms with E-state index >= 15 is 0 Å². The summed E-state index contributed by atoms with van der Waals surface area (Å²) in [5.74, 6) is 0. The van der Waals surface area contributed by atoms with Crippen molar-refractivity contribution in [2.45, 2.75) is 0 Å². The topological polar surface area (TPSA) is 0 Å². The van der Waals surface area contributed by atoms with Gasteiger partial charge in [0.25, 0.3) is 0 Å². The van der Waals surface area contributed by atoms with Crippen molar-refractivity contribution in [1.82, 2.24) is 0 Å². The van der Waals surface area contributed by atoms with Gasteiger partial charge in [-0.25, -0.2) is 0 Å². The Hall–Kier alpha value is -0.534. The van der Waals surface area contributed by atoms with Gasteiger partial charge in [-0.3, -0.25) is 0 Å². The van der Waals surface area contributed by atoms with Crippen molar-refractivity contribution >= 4 is 0 Å². The summed E-state index contributed by atoms with van der Waals surface area (Å²) in [5.41, 5.74) is 0. The molecular formula is C8H8Co. The van der Waals surface area contributed by atoms with Gasteiger partial charge in [0.05, 0.1) is 0 Å². The van der Waals surface area contributed by atoms with Crippen LogP contribution in [-0.4, -0.2) is 0 Å². The van der Waals surface area contributed by atoms with Gasteiger partial charge in [-0.1, -0.05) is 48.6 Å². The van der Waals surface area contributed by atoms with E-state index in [1.54, 1.807) is 0 Å². The van der Waals surface area contributed by atoms with Crippen LogP contribution in [0.2, 0.25) is 0 Å². The third kappa shape index (κ3) is 4.00. The maximum absolute atomic E-state index is 2.00. The van der Waals surface area contributed by atoms with E-state index in [9.17, 15) is 0 Å². The van der Waals surface area contributed by atoms with Gasteiger partial charge >= 0.3 is 0 Å². The molecule has 1 aliphatic rings. The smallest absolute Gasteiger partial charge is 0 e. The van der Waals surface area contributed by atoms with Crippen LogP contribution in [0.25, 0.3) is 0 Å². The largest absolute Gasteiger partial charge is 0.0623 e. The molecule has 0 N–H and O–H groups in total. The van der Waals surface area contributed by atoms with E-state index in [1.165, 1.54) is 0 Å². The summed E-state index contributed by atoms with van der Waals surface area (Å²) >= 11 is 0. The first kappa shape index (κ1) is 8.47. The molecule has 0 aromatic carbocycles. The van der Waals surface area contributed by atoms with Crippen molar-refractivity contribution in [2.75, 3.05) is 0 Å². The minimum absolute atomic E-state index is 0. The van der Waals surface area contributed by atoms with Crippen LogP contribution in [0.1, 0.15) is 0 Å². The van der Waals surface area contributed by atoms with E-state index in [1.807, 2.05) is 48.6 Å². The second-order valence-corrected chi connectivity index (χ2v) is 1.54. The van der Waals surface area contributed by atoms with Crippen LogP contribution in [0.15, 0.2) is 48.6 Å². The molecule has 49 valence electrons. The Kier molecular flexibility index (Phi) is 5.27. The van der Waals surface area contributed by atoms with Crippen LogP contribution < -0.4 is 0 Å². The molecule has 0 saturated heterocycles. The van der Waals surface area contributed by atoms with E-state index in [-0.39, 0.29) is 16.8 Å². The molecule has 0 spiro atoms. The first-order valence-corrected chi connectivity index (χ1v) is 2.67. The summed E-state index contributed by atoms with van der Waals surface area (Å²) in [6.45, 7) is 0. The molecule has 0 aromatic heterocycles. The van der Waals surface area contributed by atoms with Crippen LogP contribution in [0.3, 0.4) is 0 Å². The summed E-state index contributed by atoms with van der Waals surface area (Å²) in [5, 5.41) is 0. The van der Waals surface area contributed by atoms with Crippen molar-refractivity contribution in [2.24, 2.45) is 0 Å². The first-order chi connectivity index (χ1) is 4.00. The number of hydrogen-bond donors (Lipinski definition) is 0. The molecule has 0 fully saturated rings. The number of rotatable bonds is 0. The van der Waals surface area contributed by atoms with Gasteiger partial charge in [0.15, 0.2) is 0 Å². The molecule has 1 radical (unpaired) electrons. The van der Waals surface area contributed by atoms with E-state index < -0.39 is 0 Å². The van der Waals surface area contributed by atoms with Gasteiger partial charge < -0.3 is 0 Å². The maximum atomic E-state index is 2.00. The number of allylic oxidation sites excluding steroid dienone is 8. The predicted octanol–water partition coefficient (Wildman–Crippen LogP) is 2.22. The predicted molar refractivity (Wildman–Crippen MR) is 36.6 cm³/mol. The molecule has 1 aliphatic carbocycles. The summed E-state index contributed by atoms with van der Waals surface area (Å²) < 4.78 is 0. The quantitative estimate of drug-likeness (QED) is 0.513. The van der Waals surface area contributed by atoms with Crippen molar-refractivity contribution in [3.63, 3.8) is 0 Å². The summed E-state index contributed by atoms with van der Waals surface area (Å²) in [6, 6.07) is 0. The standard InChI is InChI=1S/C8H8.Co/c1-2-4-6-8-7-5-3-1;/h1-8H;/b2-1-,3-1?,4-2?,5-3-,6-4?,7-5?,8-6?,8-7?;. The van der Waals surface area contributed by atoms with Crippen molar-refractivity contribution in [3.8, 4) is 0 Å². The van der Waals surface area contributed by atoms with Crippen LogP contribution in [0, 0.1) is 0 Å². The summed E-state index contributed by atoms with van der Waals surface area (Å²) in [6.07, 6.45) is 16.0. The molecule has 1 heteroatoms. The van der Waals surface area contributed by atoms with E-state index in [2.05, 4.69) is 0 Å². The Bertz CT molecular complexity index is 105. The average molecular weight is 163 g/mol. The Balaban J connectivity index is 0.000000640. The fourth-order valence-corrected chi connectivity index (χ4v) is 0.513. The second-order valence-electron chi connectivity index (χ2n) is 1.54. The molecule has 0 atom stereocenters. The minimum Gasteiger partial charge on any atom is -0.0623 e. The molecule has 0 amide bonds. The molecule has 0 heterocycles. The van der Waals surface area contributed by atoms with E-state index in [4.69, 9.17) is 0 Å². The van der Waals surface area contributed by atoms with Crippen molar-refractivity contribution in [1.29, 1.82) is 0 Å². The van der Waals surface area contributed by atoms with Crippen LogP contribution in [0.4, 0.5) is 0 Å². The van der Waals surface area contributed by atoms with Crippen molar-refractivity contribution < 1.29 is 16.8 Å². The van der Waals surface area contributed by atoms with Gasteiger partial charge in [0.2, 0.25) is 0 Å². The molecule has 0 saturated carbocycles. The Morgan fingerprint density at radius 3 is 0.556 bits per heavy atom. The average Bonchev–Trinajstić information content (AvgIpc) is 1.62. The molecule has 9 heavy (non-hydrogen) atoms. The maximum Gasteiger partial charge on any atom is 0 e. The zero-order chi connectivity index (χ0) is 5.66. The summed E-state index contributed by atoms with van der Waals surface area (Å²) in [4.78, 5) is 0. The molecule has 1 rings (SSSR count). The monoisotopic (exact) mass is 163 g/mol. The summed E-state index contributed by atoms with van der Waals surface area (Å²) in [7, 11) is 0. The molecule has 0 bridgehead atoms. The van der Waals surface area contributed by atoms with Gasteiger partial charge in [-0.2, -0.15) is 0 Å². The van der Waals surface area contributed by atoms with Gasteiger partial charge in [-0.05, 0) is 0 Å². The molecule has 0 aliphatic heterocycles. The van der Waals surface area contributed by atoms with Gasteiger partial charge in [0, 0.05) is 16.8 Å². The first-order valence-electron chi connectivity index (χ1n) is 2.67. The van der Waals surface area contributed by atoms with Gasteiger partial charge in [0.1, 0.15) is 0 Å². The Morgan fingerprint density at radius 1 is 0.333 bits per heavy atom.